The monoisotopic (exact) mass is 243 g/mol. The molecule has 0 saturated carbocycles. The van der Waals surface area contributed by atoms with E-state index in [-0.39, 0.29) is 0 Å². The molecule has 94 valence electrons. The third-order valence-electron chi connectivity index (χ3n) is 2.44. The molecule has 0 radical (unpaired) electrons. The third-order valence-corrected chi connectivity index (χ3v) is 2.44. The molecule has 2 heterocycles. The zero-order valence-electron chi connectivity index (χ0n) is 10.5. The van der Waals surface area contributed by atoms with Crippen LogP contribution in [0, 0.1) is 0 Å². The van der Waals surface area contributed by atoms with Gasteiger partial charge in [0.05, 0.1) is 6.61 Å². The quantitative estimate of drug-likeness (QED) is 0.847. The van der Waals surface area contributed by atoms with Crippen molar-refractivity contribution in [2.75, 3.05) is 18.5 Å². The average Bonchev–Trinajstić information content (AvgIpc) is 2.41. The first-order valence-electron chi connectivity index (χ1n) is 6.11. The smallest absolute Gasteiger partial charge is 0.129 e. The van der Waals surface area contributed by atoms with Crippen LogP contribution < -0.4 is 10.1 Å². The summed E-state index contributed by atoms with van der Waals surface area (Å²) in [4.78, 5) is 8.44. The summed E-state index contributed by atoms with van der Waals surface area (Å²) in [5.41, 5.74) is 1.04. The van der Waals surface area contributed by atoms with E-state index in [0.29, 0.717) is 6.61 Å². The van der Waals surface area contributed by atoms with Gasteiger partial charge >= 0.3 is 0 Å². The predicted molar refractivity (Wildman–Crippen MR) is 71.8 cm³/mol. The van der Waals surface area contributed by atoms with Crippen molar-refractivity contribution in [1.29, 1.82) is 0 Å². The van der Waals surface area contributed by atoms with Crippen molar-refractivity contribution in [2.45, 2.75) is 13.3 Å². The zero-order valence-corrected chi connectivity index (χ0v) is 10.5. The number of pyridine rings is 2. The molecule has 2 rings (SSSR count). The van der Waals surface area contributed by atoms with Gasteiger partial charge in [-0.2, -0.15) is 0 Å². The molecule has 0 amide bonds. The second-order valence-corrected chi connectivity index (χ2v) is 3.83. The molecule has 0 aliphatic rings. The van der Waals surface area contributed by atoms with Gasteiger partial charge in [0, 0.05) is 37.1 Å². The molecule has 0 bridgehead atoms. The van der Waals surface area contributed by atoms with E-state index in [1.54, 1.807) is 12.4 Å². The highest BCUT2D eigenvalue weighted by molar-refractivity contribution is 5.40. The van der Waals surface area contributed by atoms with Gasteiger partial charge in [-0.3, -0.25) is 4.98 Å². The van der Waals surface area contributed by atoms with Crippen LogP contribution in [0.2, 0.25) is 0 Å². The van der Waals surface area contributed by atoms with Gasteiger partial charge in [0.2, 0.25) is 0 Å². The summed E-state index contributed by atoms with van der Waals surface area (Å²) >= 11 is 0. The Labute approximate surface area is 107 Å². The molecule has 1 N–H and O–H groups in total. The summed E-state index contributed by atoms with van der Waals surface area (Å²) in [7, 11) is 0. The molecular formula is C14H17N3O. The fraction of sp³-hybridized carbons (Fsp3) is 0.286. The van der Waals surface area contributed by atoms with Gasteiger partial charge in [-0.25, -0.2) is 4.98 Å². The molecule has 4 heteroatoms. The van der Waals surface area contributed by atoms with Crippen molar-refractivity contribution in [3.05, 3.63) is 48.4 Å². The van der Waals surface area contributed by atoms with E-state index < -0.39 is 0 Å². The van der Waals surface area contributed by atoms with Gasteiger partial charge in [0.1, 0.15) is 11.6 Å². The molecule has 2 aromatic rings. The molecule has 2 aromatic heterocycles. The Kier molecular flexibility index (Phi) is 4.53. The first kappa shape index (κ1) is 12.4. The molecule has 18 heavy (non-hydrogen) atoms. The van der Waals surface area contributed by atoms with E-state index in [4.69, 9.17) is 4.74 Å². The predicted octanol–water partition coefficient (Wildman–Crippen LogP) is 2.53. The minimum Gasteiger partial charge on any atom is -0.493 e. The Bertz CT molecular complexity index is 473. The van der Waals surface area contributed by atoms with Crippen molar-refractivity contribution in [3.8, 4) is 5.75 Å². The van der Waals surface area contributed by atoms with Crippen LogP contribution in [0.5, 0.6) is 5.75 Å². The standard InChI is InChI=1S/C14H17N3O/c1-2-15-14-11-13(6-9-17-14)18-10-7-12-5-3-4-8-16-12/h3-6,8-9,11H,2,7,10H2,1H3,(H,15,17). The average molecular weight is 243 g/mol. The van der Waals surface area contributed by atoms with Gasteiger partial charge in [0.25, 0.3) is 0 Å². The highest BCUT2D eigenvalue weighted by Gasteiger charge is 1.98. The van der Waals surface area contributed by atoms with E-state index in [9.17, 15) is 0 Å². The molecule has 0 unspecified atom stereocenters. The van der Waals surface area contributed by atoms with Crippen LogP contribution in [-0.2, 0) is 6.42 Å². The normalized spacial score (nSPS) is 10.1. The summed E-state index contributed by atoms with van der Waals surface area (Å²) < 4.78 is 5.68. The summed E-state index contributed by atoms with van der Waals surface area (Å²) in [5, 5.41) is 3.15. The highest BCUT2D eigenvalue weighted by atomic mass is 16.5. The summed E-state index contributed by atoms with van der Waals surface area (Å²) in [5.74, 6) is 1.67. The number of hydrogen-bond acceptors (Lipinski definition) is 4. The van der Waals surface area contributed by atoms with Crippen molar-refractivity contribution >= 4 is 5.82 Å². The van der Waals surface area contributed by atoms with Crippen molar-refractivity contribution in [3.63, 3.8) is 0 Å². The second kappa shape index (κ2) is 6.59. The van der Waals surface area contributed by atoms with Crippen LogP contribution in [-0.4, -0.2) is 23.1 Å². The molecule has 0 saturated heterocycles. The molecule has 0 spiro atoms. The van der Waals surface area contributed by atoms with E-state index in [0.717, 1.165) is 30.2 Å². The Morgan fingerprint density at radius 2 is 2.11 bits per heavy atom. The highest BCUT2D eigenvalue weighted by Crippen LogP contribution is 2.14. The van der Waals surface area contributed by atoms with Gasteiger partial charge in [-0.05, 0) is 25.1 Å². The number of ether oxygens (including phenoxy) is 1. The zero-order chi connectivity index (χ0) is 12.6. The van der Waals surface area contributed by atoms with E-state index in [1.165, 1.54) is 0 Å². The maximum atomic E-state index is 5.68. The van der Waals surface area contributed by atoms with Crippen LogP contribution in [0.4, 0.5) is 5.82 Å². The fourth-order valence-corrected chi connectivity index (χ4v) is 1.60. The van der Waals surface area contributed by atoms with Gasteiger partial charge in [0.15, 0.2) is 0 Å². The lowest BCUT2D eigenvalue weighted by molar-refractivity contribution is 0.320. The fourth-order valence-electron chi connectivity index (χ4n) is 1.60. The van der Waals surface area contributed by atoms with Crippen LogP contribution in [0.15, 0.2) is 42.7 Å². The molecule has 0 aliphatic carbocycles. The first-order valence-corrected chi connectivity index (χ1v) is 6.11. The van der Waals surface area contributed by atoms with Gasteiger partial charge in [-0.15, -0.1) is 0 Å². The second-order valence-electron chi connectivity index (χ2n) is 3.83. The molecule has 4 nitrogen and oxygen atoms in total. The minimum absolute atomic E-state index is 0.618. The number of hydrogen-bond donors (Lipinski definition) is 1. The third kappa shape index (κ3) is 3.73. The number of rotatable bonds is 6. The van der Waals surface area contributed by atoms with Crippen LogP contribution in [0.3, 0.4) is 0 Å². The van der Waals surface area contributed by atoms with Gasteiger partial charge in [-0.1, -0.05) is 6.07 Å². The van der Waals surface area contributed by atoms with Crippen LogP contribution >= 0.6 is 0 Å². The number of aromatic nitrogens is 2. The largest absolute Gasteiger partial charge is 0.493 e. The summed E-state index contributed by atoms with van der Waals surface area (Å²) in [6, 6.07) is 9.66. The SMILES string of the molecule is CCNc1cc(OCCc2ccccn2)ccn1. The topological polar surface area (TPSA) is 47.0 Å². The first-order chi connectivity index (χ1) is 8.88. The number of nitrogens with one attached hydrogen (secondary N) is 1. The molecule has 0 aliphatic heterocycles. The molecule has 0 atom stereocenters. The Balaban J connectivity index is 1.84. The number of nitrogens with zero attached hydrogens (tertiary/aromatic N) is 2. The lowest BCUT2D eigenvalue weighted by Crippen LogP contribution is -2.04. The Morgan fingerprint density at radius 1 is 1.17 bits per heavy atom. The van der Waals surface area contributed by atoms with Crippen molar-refractivity contribution in [1.82, 2.24) is 9.97 Å². The maximum Gasteiger partial charge on any atom is 0.129 e. The van der Waals surface area contributed by atoms with E-state index in [2.05, 4.69) is 15.3 Å². The van der Waals surface area contributed by atoms with Crippen LogP contribution in [0.25, 0.3) is 0 Å². The van der Waals surface area contributed by atoms with Crippen LogP contribution in [0.1, 0.15) is 12.6 Å². The Morgan fingerprint density at radius 3 is 2.89 bits per heavy atom. The van der Waals surface area contributed by atoms with Gasteiger partial charge < -0.3 is 10.1 Å². The van der Waals surface area contributed by atoms with Crippen molar-refractivity contribution < 1.29 is 4.74 Å². The minimum atomic E-state index is 0.618. The Hall–Kier alpha value is -2.10. The summed E-state index contributed by atoms with van der Waals surface area (Å²) in [6.07, 6.45) is 4.35. The lowest BCUT2D eigenvalue weighted by Gasteiger charge is -2.07. The summed E-state index contributed by atoms with van der Waals surface area (Å²) in [6.45, 7) is 3.51. The van der Waals surface area contributed by atoms with Crippen molar-refractivity contribution in [2.24, 2.45) is 0 Å². The van der Waals surface area contributed by atoms with E-state index in [1.807, 2.05) is 37.3 Å². The van der Waals surface area contributed by atoms with E-state index >= 15 is 0 Å². The maximum absolute atomic E-state index is 5.68. The molecule has 0 fully saturated rings. The molecule has 0 aromatic carbocycles. The lowest BCUT2D eigenvalue weighted by atomic mass is 10.3. The molecular weight excluding hydrogens is 226 g/mol. The number of anilines is 1.